The van der Waals surface area contributed by atoms with Gasteiger partial charge in [0.25, 0.3) is 11.8 Å². The average molecular weight is 645 g/mol. The fraction of sp³-hybridized carbons (Fsp3) is 0.273. The van der Waals surface area contributed by atoms with Crippen LogP contribution < -0.4 is 16.8 Å². The molecule has 8 rings (SSSR count). The van der Waals surface area contributed by atoms with Crippen molar-refractivity contribution < 1.29 is 14.3 Å². The molecule has 5 N–H and O–H groups in total. The quantitative estimate of drug-likeness (QED) is 0.241. The number of benzene rings is 2. The molecule has 1 saturated heterocycles. The normalized spacial score (nSPS) is 16.5. The van der Waals surface area contributed by atoms with Crippen LogP contribution >= 0.6 is 0 Å². The van der Waals surface area contributed by atoms with Crippen molar-refractivity contribution >= 4 is 45.5 Å². The van der Waals surface area contributed by atoms with Crippen LogP contribution in [0.25, 0.3) is 44.6 Å². The van der Waals surface area contributed by atoms with E-state index in [2.05, 4.69) is 25.4 Å². The highest BCUT2D eigenvalue weighted by atomic mass is 16.5. The summed E-state index contributed by atoms with van der Waals surface area (Å²) in [6.07, 6.45) is 2.80. The molecule has 2 fully saturated rings. The summed E-state index contributed by atoms with van der Waals surface area (Å²) in [7, 11) is 3.56. The molecule has 2 aromatic carbocycles. The molecule has 0 spiro atoms. The minimum atomic E-state index is -0.609. The van der Waals surface area contributed by atoms with Gasteiger partial charge in [0.2, 0.25) is 0 Å². The van der Waals surface area contributed by atoms with Crippen molar-refractivity contribution in [1.82, 2.24) is 49.7 Å². The molecule has 1 unspecified atom stereocenters. The second-order valence-electron chi connectivity index (χ2n) is 12.1. The fourth-order valence-electron chi connectivity index (χ4n) is 6.13. The lowest BCUT2D eigenvalue weighted by atomic mass is 10.0. The van der Waals surface area contributed by atoms with E-state index in [1.54, 1.807) is 52.6 Å². The third kappa shape index (κ3) is 5.13. The zero-order valence-corrected chi connectivity index (χ0v) is 26.3. The third-order valence-corrected chi connectivity index (χ3v) is 8.71. The Morgan fingerprint density at radius 3 is 2.25 bits per heavy atom. The molecule has 0 radical (unpaired) electrons. The molecule has 48 heavy (non-hydrogen) atoms. The van der Waals surface area contributed by atoms with E-state index in [-0.39, 0.29) is 30.2 Å². The van der Waals surface area contributed by atoms with Gasteiger partial charge in [-0.3, -0.25) is 9.59 Å². The largest absolute Gasteiger partial charge is 0.383 e. The first-order valence-electron chi connectivity index (χ1n) is 15.6. The molecule has 1 saturated carbocycles. The topological polar surface area (TPSA) is 198 Å². The highest BCUT2D eigenvalue weighted by molar-refractivity contribution is 6.02. The number of aromatic nitrogens is 8. The third-order valence-electron chi connectivity index (χ3n) is 8.71. The summed E-state index contributed by atoms with van der Waals surface area (Å²) in [4.78, 5) is 46.1. The molecule has 2 amide bonds. The lowest BCUT2D eigenvalue weighted by Crippen LogP contribution is -2.42. The van der Waals surface area contributed by atoms with E-state index in [9.17, 15) is 9.59 Å². The number of nitrogens with one attached hydrogen (secondary N) is 1. The Morgan fingerprint density at radius 2 is 1.52 bits per heavy atom. The van der Waals surface area contributed by atoms with Gasteiger partial charge < -0.3 is 26.4 Å². The second kappa shape index (κ2) is 11.4. The number of nitrogen functional groups attached to an aromatic ring is 2. The van der Waals surface area contributed by atoms with Gasteiger partial charge in [-0.1, -0.05) is 24.3 Å². The van der Waals surface area contributed by atoms with E-state index < -0.39 is 6.10 Å². The molecular formula is C33H32N12O3. The molecule has 1 atom stereocenters. The van der Waals surface area contributed by atoms with E-state index in [1.165, 1.54) is 6.33 Å². The van der Waals surface area contributed by atoms with Crippen molar-refractivity contribution in [2.75, 3.05) is 31.2 Å². The predicted molar refractivity (Wildman–Crippen MR) is 177 cm³/mol. The summed E-state index contributed by atoms with van der Waals surface area (Å²) in [6, 6.07) is 14.8. The number of carbonyl (C=O) groups excluding carboxylic acids is 2. The van der Waals surface area contributed by atoms with Gasteiger partial charge >= 0.3 is 0 Å². The predicted octanol–water partition coefficient (Wildman–Crippen LogP) is 2.64. The standard InChI is InChI=1S/C33H32N12O3/c1-43-30-23(27(34)36-16-37-30)25(41-43)18-6-4-8-20(14-18)33(47)45-11-12-48-22(15-45)29-39-28(35)24-26(42-44(2)31(24)40-29)17-5-3-7-19(13-17)32(46)38-21-9-10-21/h3-8,13-14,16,21-22H,9-12,15H2,1-2H3,(H,38,46)(H2,34,36,37)(H2,35,39,40). The molecule has 0 bridgehead atoms. The van der Waals surface area contributed by atoms with Gasteiger partial charge in [-0.2, -0.15) is 10.2 Å². The number of nitrogens with two attached hydrogens (primary N) is 2. The molecule has 6 aromatic rings. The Bertz CT molecular complexity index is 2260. The van der Waals surface area contributed by atoms with Crippen molar-refractivity contribution in [3.05, 3.63) is 71.8 Å². The van der Waals surface area contributed by atoms with Crippen molar-refractivity contribution in [3.63, 3.8) is 0 Å². The van der Waals surface area contributed by atoms with Gasteiger partial charge in [-0.25, -0.2) is 29.3 Å². The van der Waals surface area contributed by atoms with Crippen LogP contribution in [-0.2, 0) is 18.8 Å². The van der Waals surface area contributed by atoms with E-state index in [4.69, 9.17) is 26.3 Å². The van der Waals surface area contributed by atoms with Crippen LogP contribution in [0, 0.1) is 0 Å². The van der Waals surface area contributed by atoms with Crippen LogP contribution in [0.3, 0.4) is 0 Å². The van der Waals surface area contributed by atoms with Crippen LogP contribution in [0.2, 0.25) is 0 Å². The minimum Gasteiger partial charge on any atom is -0.383 e. The lowest BCUT2D eigenvalue weighted by Gasteiger charge is -2.32. The van der Waals surface area contributed by atoms with E-state index in [1.807, 2.05) is 24.3 Å². The molecule has 1 aliphatic heterocycles. The number of carbonyl (C=O) groups is 2. The van der Waals surface area contributed by atoms with Crippen LogP contribution in [0.1, 0.15) is 45.5 Å². The summed E-state index contributed by atoms with van der Waals surface area (Å²) in [5.74, 6) is 0.621. The molecule has 2 aliphatic rings. The van der Waals surface area contributed by atoms with Crippen molar-refractivity contribution in [3.8, 4) is 22.5 Å². The van der Waals surface area contributed by atoms with E-state index >= 15 is 0 Å². The van der Waals surface area contributed by atoms with Gasteiger partial charge in [0.1, 0.15) is 35.5 Å². The summed E-state index contributed by atoms with van der Waals surface area (Å²) in [6.45, 7) is 0.914. The van der Waals surface area contributed by atoms with Gasteiger partial charge in [-0.05, 0) is 37.1 Å². The fourth-order valence-corrected chi connectivity index (χ4v) is 6.13. The minimum absolute atomic E-state index is 0.115. The van der Waals surface area contributed by atoms with Crippen molar-refractivity contribution in [2.45, 2.75) is 25.0 Å². The number of hydrogen-bond acceptors (Lipinski definition) is 11. The Labute approximate surface area is 273 Å². The van der Waals surface area contributed by atoms with Gasteiger partial charge in [0.05, 0.1) is 23.9 Å². The number of anilines is 2. The lowest BCUT2D eigenvalue weighted by molar-refractivity contribution is -0.0266. The maximum atomic E-state index is 13.8. The number of nitrogens with zero attached hydrogens (tertiary/aromatic N) is 9. The molecule has 15 nitrogen and oxygen atoms in total. The number of rotatable bonds is 6. The summed E-state index contributed by atoms with van der Waals surface area (Å²) in [5, 5.41) is 13.5. The van der Waals surface area contributed by atoms with Crippen LogP contribution in [0.5, 0.6) is 0 Å². The number of amides is 2. The van der Waals surface area contributed by atoms with Gasteiger partial charge in [-0.15, -0.1) is 0 Å². The molecular weight excluding hydrogens is 612 g/mol. The van der Waals surface area contributed by atoms with E-state index in [0.29, 0.717) is 69.4 Å². The Kier molecular flexibility index (Phi) is 6.98. The number of ether oxygens (including phenoxy) is 1. The number of hydrogen-bond donors (Lipinski definition) is 3. The molecule has 15 heteroatoms. The highest BCUT2D eigenvalue weighted by Crippen LogP contribution is 2.34. The zero-order valence-electron chi connectivity index (χ0n) is 26.3. The Hall–Kier alpha value is -5.96. The summed E-state index contributed by atoms with van der Waals surface area (Å²) < 4.78 is 9.34. The molecule has 4 aromatic heterocycles. The smallest absolute Gasteiger partial charge is 0.254 e. The highest BCUT2D eigenvalue weighted by Gasteiger charge is 2.30. The molecule has 242 valence electrons. The summed E-state index contributed by atoms with van der Waals surface area (Å²) >= 11 is 0. The van der Waals surface area contributed by atoms with E-state index in [0.717, 1.165) is 24.0 Å². The first kappa shape index (κ1) is 29.4. The Morgan fingerprint density at radius 1 is 0.854 bits per heavy atom. The monoisotopic (exact) mass is 644 g/mol. The average Bonchev–Trinajstić information content (AvgIpc) is 3.76. The number of aryl methyl sites for hydroxylation is 2. The molecule has 1 aliphatic carbocycles. The van der Waals surface area contributed by atoms with Crippen molar-refractivity contribution in [1.29, 1.82) is 0 Å². The maximum absolute atomic E-state index is 13.8. The number of fused-ring (bicyclic) bond motifs is 2. The van der Waals surface area contributed by atoms with Crippen LogP contribution in [0.4, 0.5) is 11.6 Å². The first-order valence-corrected chi connectivity index (χ1v) is 15.6. The molecule has 5 heterocycles. The van der Waals surface area contributed by atoms with Gasteiger partial charge in [0, 0.05) is 48.9 Å². The van der Waals surface area contributed by atoms with Crippen LogP contribution in [-0.4, -0.2) is 81.9 Å². The maximum Gasteiger partial charge on any atom is 0.254 e. The van der Waals surface area contributed by atoms with Crippen molar-refractivity contribution in [2.24, 2.45) is 14.1 Å². The first-order chi connectivity index (χ1) is 23.2. The van der Waals surface area contributed by atoms with Gasteiger partial charge in [0.15, 0.2) is 17.1 Å². The van der Waals surface area contributed by atoms with Crippen LogP contribution in [0.15, 0.2) is 54.9 Å². The SMILES string of the molecule is Cn1nc(-c2cccc(C(=O)N3CCOC(c4nc(N)c5c(-c6cccc(C(=O)NC7CC7)c6)nn(C)c5n4)C3)c2)c2c(N)ncnc21. The number of morpholine rings is 1. The zero-order chi connectivity index (χ0) is 33.1. The summed E-state index contributed by atoms with van der Waals surface area (Å²) in [5.41, 5.74) is 17.5. The Balaban J connectivity index is 1.06. The second-order valence-corrected chi connectivity index (χ2v) is 12.1.